The molecule has 0 radical (unpaired) electrons. The molecule has 70 valence electrons. The van der Waals surface area contributed by atoms with Crippen molar-refractivity contribution < 1.29 is 0 Å². The van der Waals surface area contributed by atoms with E-state index in [1.807, 2.05) is 0 Å². The Morgan fingerprint density at radius 1 is 1.33 bits per heavy atom. The van der Waals surface area contributed by atoms with Crippen LogP contribution in [0, 0.1) is 0 Å². The minimum Gasteiger partial charge on any atom is -0.312 e. The second-order valence-electron chi connectivity index (χ2n) is 4.04. The van der Waals surface area contributed by atoms with Gasteiger partial charge in [0.15, 0.2) is 0 Å². The van der Waals surface area contributed by atoms with Gasteiger partial charge in [-0.25, -0.2) is 0 Å². The van der Waals surface area contributed by atoms with Crippen molar-refractivity contribution >= 4 is 0 Å². The van der Waals surface area contributed by atoms with Crippen molar-refractivity contribution in [1.29, 1.82) is 0 Å². The Bertz CT molecular complexity index is 138. The zero-order valence-electron chi connectivity index (χ0n) is 8.05. The van der Waals surface area contributed by atoms with E-state index >= 15 is 0 Å². The molecule has 0 aromatic carbocycles. The van der Waals surface area contributed by atoms with Crippen LogP contribution in [0.25, 0.3) is 0 Å². The predicted molar refractivity (Wildman–Crippen MR) is 51.3 cm³/mol. The predicted octanol–water partition coefficient (Wildman–Crippen LogP) is 1.22. The van der Waals surface area contributed by atoms with E-state index in [4.69, 9.17) is 0 Å². The Morgan fingerprint density at radius 3 is 3.08 bits per heavy atom. The number of rotatable bonds is 1. The van der Waals surface area contributed by atoms with Crippen molar-refractivity contribution in [3.8, 4) is 0 Å². The molecule has 2 atom stereocenters. The fourth-order valence-corrected chi connectivity index (χ4v) is 2.74. The van der Waals surface area contributed by atoms with E-state index in [0.29, 0.717) is 0 Å². The number of nitrogens with one attached hydrogen (secondary N) is 1. The zero-order chi connectivity index (χ0) is 8.39. The summed E-state index contributed by atoms with van der Waals surface area (Å²) >= 11 is 0. The summed E-state index contributed by atoms with van der Waals surface area (Å²) in [5.74, 6) is 0. The van der Waals surface area contributed by atoms with Gasteiger partial charge in [0.25, 0.3) is 0 Å². The standard InChI is InChI=1S/C10H20N2/c1-2-12-8-4-5-9-10(12)6-3-7-11-9/h9-11H,2-8H2,1H3/t9-,10-/m1/s1. The van der Waals surface area contributed by atoms with E-state index in [0.717, 1.165) is 12.1 Å². The van der Waals surface area contributed by atoms with Crippen LogP contribution in [-0.4, -0.2) is 36.6 Å². The molecule has 2 saturated heterocycles. The molecule has 2 nitrogen and oxygen atoms in total. The van der Waals surface area contributed by atoms with E-state index in [1.165, 1.54) is 45.3 Å². The highest BCUT2D eigenvalue weighted by atomic mass is 15.2. The molecule has 0 aromatic rings. The Balaban J connectivity index is 1.99. The van der Waals surface area contributed by atoms with Gasteiger partial charge in [0.05, 0.1) is 0 Å². The van der Waals surface area contributed by atoms with Crippen molar-refractivity contribution in [2.24, 2.45) is 0 Å². The van der Waals surface area contributed by atoms with Crippen molar-refractivity contribution in [2.45, 2.75) is 44.7 Å². The van der Waals surface area contributed by atoms with Gasteiger partial charge in [0.1, 0.15) is 0 Å². The van der Waals surface area contributed by atoms with Crippen molar-refractivity contribution in [1.82, 2.24) is 10.2 Å². The lowest BCUT2D eigenvalue weighted by Crippen LogP contribution is -2.56. The van der Waals surface area contributed by atoms with Crippen LogP contribution in [0.5, 0.6) is 0 Å². The monoisotopic (exact) mass is 168 g/mol. The van der Waals surface area contributed by atoms with Crippen LogP contribution < -0.4 is 5.32 Å². The van der Waals surface area contributed by atoms with E-state index in [-0.39, 0.29) is 0 Å². The Hall–Kier alpha value is -0.0800. The molecule has 2 heterocycles. The summed E-state index contributed by atoms with van der Waals surface area (Å²) in [4.78, 5) is 2.65. The topological polar surface area (TPSA) is 15.3 Å². The first kappa shape index (κ1) is 8.52. The van der Waals surface area contributed by atoms with Gasteiger partial charge in [0, 0.05) is 12.1 Å². The number of likely N-dealkylation sites (tertiary alicyclic amines) is 1. The first-order chi connectivity index (χ1) is 5.92. The zero-order valence-corrected chi connectivity index (χ0v) is 8.05. The van der Waals surface area contributed by atoms with E-state index < -0.39 is 0 Å². The van der Waals surface area contributed by atoms with Crippen LogP contribution in [0.2, 0.25) is 0 Å². The van der Waals surface area contributed by atoms with Gasteiger partial charge in [-0.05, 0) is 45.3 Å². The normalized spacial score (nSPS) is 37.8. The Kier molecular flexibility index (Phi) is 2.66. The van der Waals surface area contributed by atoms with Gasteiger partial charge < -0.3 is 5.32 Å². The first-order valence-corrected chi connectivity index (χ1v) is 5.39. The van der Waals surface area contributed by atoms with Gasteiger partial charge in [-0.1, -0.05) is 6.92 Å². The molecule has 2 heteroatoms. The minimum atomic E-state index is 0.812. The average Bonchev–Trinajstić information content (AvgIpc) is 2.17. The lowest BCUT2D eigenvalue weighted by atomic mass is 9.89. The third-order valence-corrected chi connectivity index (χ3v) is 3.38. The number of hydrogen-bond acceptors (Lipinski definition) is 2. The van der Waals surface area contributed by atoms with Crippen molar-refractivity contribution in [2.75, 3.05) is 19.6 Å². The number of nitrogens with zero attached hydrogens (tertiary/aromatic N) is 1. The van der Waals surface area contributed by atoms with Crippen LogP contribution in [-0.2, 0) is 0 Å². The largest absolute Gasteiger partial charge is 0.312 e. The Morgan fingerprint density at radius 2 is 2.25 bits per heavy atom. The Labute approximate surface area is 75.3 Å². The maximum Gasteiger partial charge on any atom is 0.0249 e. The lowest BCUT2D eigenvalue weighted by molar-refractivity contribution is 0.0923. The van der Waals surface area contributed by atoms with Gasteiger partial charge >= 0.3 is 0 Å². The molecule has 0 spiro atoms. The fourth-order valence-electron chi connectivity index (χ4n) is 2.74. The number of fused-ring (bicyclic) bond motifs is 1. The van der Waals surface area contributed by atoms with Gasteiger partial charge in [-0.15, -0.1) is 0 Å². The van der Waals surface area contributed by atoms with E-state index in [9.17, 15) is 0 Å². The van der Waals surface area contributed by atoms with Gasteiger partial charge in [-0.2, -0.15) is 0 Å². The molecule has 2 fully saturated rings. The summed E-state index contributed by atoms with van der Waals surface area (Å²) in [6, 6.07) is 1.67. The van der Waals surface area contributed by atoms with Crippen LogP contribution in [0.1, 0.15) is 32.6 Å². The maximum absolute atomic E-state index is 3.64. The maximum atomic E-state index is 3.64. The summed E-state index contributed by atoms with van der Waals surface area (Å²) in [6.07, 6.45) is 5.59. The summed E-state index contributed by atoms with van der Waals surface area (Å²) in [5, 5.41) is 3.64. The second kappa shape index (κ2) is 3.75. The molecule has 0 saturated carbocycles. The smallest absolute Gasteiger partial charge is 0.0249 e. The molecule has 12 heavy (non-hydrogen) atoms. The van der Waals surface area contributed by atoms with Crippen LogP contribution in [0.15, 0.2) is 0 Å². The van der Waals surface area contributed by atoms with Crippen LogP contribution >= 0.6 is 0 Å². The average molecular weight is 168 g/mol. The quantitative estimate of drug-likeness (QED) is 0.633. The first-order valence-electron chi connectivity index (χ1n) is 5.39. The number of hydrogen-bond donors (Lipinski definition) is 1. The third-order valence-electron chi connectivity index (χ3n) is 3.38. The fraction of sp³-hybridized carbons (Fsp3) is 1.00. The highest BCUT2D eigenvalue weighted by Crippen LogP contribution is 2.23. The van der Waals surface area contributed by atoms with Crippen LogP contribution in [0.3, 0.4) is 0 Å². The summed E-state index contributed by atoms with van der Waals surface area (Å²) in [7, 11) is 0. The molecule has 0 bridgehead atoms. The molecular formula is C10H20N2. The lowest BCUT2D eigenvalue weighted by Gasteiger charge is -2.44. The molecular weight excluding hydrogens is 148 g/mol. The molecule has 0 unspecified atom stereocenters. The van der Waals surface area contributed by atoms with Gasteiger partial charge in [0.2, 0.25) is 0 Å². The van der Waals surface area contributed by atoms with Crippen molar-refractivity contribution in [3.63, 3.8) is 0 Å². The highest BCUT2D eigenvalue weighted by molar-refractivity contribution is 4.91. The highest BCUT2D eigenvalue weighted by Gasteiger charge is 2.31. The summed E-state index contributed by atoms with van der Waals surface area (Å²) < 4.78 is 0. The molecule has 0 amide bonds. The van der Waals surface area contributed by atoms with E-state index in [2.05, 4.69) is 17.1 Å². The number of likely N-dealkylation sites (N-methyl/N-ethyl adjacent to an activating group) is 1. The van der Waals surface area contributed by atoms with Gasteiger partial charge in [-0.3, -0.25) is 4.90 Å². The van der Waals surface area contributed by atoms with Crippen LogP contribution in [0.4, 0.5) is 0 Å². The molecule has 2 rings (SSSR count). The SMILES string of the molecule is CCN1CCC[C@H]2NCCC[C@H]21. The molecule has 0 aliphatic carbocycles. The molecule has 2 aliphatic heterocycles. The third kappa shape index (κ3) is 1.50. The molecule has 0 aromatic heterocycles. The second-order valence-corrected chi connectivity index (χ2v) is 4.04. The van der Waals surface area contributed by atoms with E-state index in [1.54, 1.807) is 0 Å². The summed E-state index contributed by atoms with van der Waals surface area (Å²) in [5.41, 5.74) is 0. The number of piperidine rings is 2. The molecule has 1 N–H and O–H groups in total. The van der Waals surface area contributed by atoms with Crippen molar-refractivity contribution in [3.05, 3.63) is 0 Å². The summed E-state index contributed by atoms with van der Waals surface area (Å²) in [6.45, 7) is 6.11. The minimum absolute atomic E-state index is 0.812. The molecule has 2 aliphatic rings.